The first-order chi connectivity index (χ1) is 10.7. The van der Waals surface area contributed by atoms with E-state index in [0.717, 1.165) is 16.3 Å². The second-order valence-corrected chi connectivity index (χ2v) is 6.44. The van der Waals surface area contributed by atoms with E-state index in [1.165, 1.54) is 13.1 Å². The van der Waals surface area contributed by atoms with Gasteiger partial charge < -0.3 is 25.5 Å². The minimum atomic E-state index is -1.81. The Balaban J connectivity index is 3.18. The molecule has 0 spiro atoms. The Hall–Kier alpha value is -1.17. The summed E-state index contributed by atoms with van der Waals surface area (Å²) >= 11 is 1.11. The average molecular weight is 350 g/mol. The minimum absolute atomic E-state index is 0.240. The molecule has 0 fully saturated rings. The predicted octanol–water partition coefficient (Wildman–Crippen LogP) is -2.47. The van der Waals surface area contributed by atoms with Gasteiger partial charge in [-0.15, -0.1) is 11.8 Å². The Morgan fingerprint density at radius 1 is 1.17 bits per heavy atom. The van der Waals surface area contributed by atoms with Crippen LogP contribution in [0, 0.1) is 6.92 Å². The van der Waals surface area contributed by atoms with Crippen LogP contribution >= 0.6 is 11.8 Å². The van der Waals surface area contributed by atoms with Crippen molar-refractivity contribution in [1.82, 2.24) is 9.55 Å². The second kappa shape index (κ2) is 8.62. The average Bonchev–Trinajstić information content (AvgIpc) is 2.53. The third-order valence-electron chi connectivity index (χ3n) is 3.33. The Morgan fingerprint density at radius 3 is 2.30 bits per heavy atom. The number of nitrogens with zero attached hydrogens (tertiary/aromatic N) is 1. The molecule has 0 radical (unpaired) electrons. The molecular formula is C13H22N2O7S. The number of hydrogen-bond acceptors (Lipinski definition) is 8. The van der Waals surface area contributed by atoms with Crippen molar-refractivity contribution < 1.29 is 25.5 Å². The van der Waals surface area contributed by atoms with E-state index in [9.17, 15) is 30.0 Å². The summed E-state index contributed by atoms with van der Waals surface area (Å²) in [5.41, 5.74) is -1.09. The maximum absolute atomic E-state index is 11.9. The highest BCUT2D eigenvalue weighted by atomic mass is 32.2. The summed E-state index contributed by atoms with van der Waals surface area (Å²) in [4.78, 5) is 25.5. The van der Waals surface area contributed by atoms with Crippen molar-refractivity contribution in [3.8, 4) is 0 Å². The molecule has 132 valence electrons. The maximum Gasteiger partial charge on any atom is 0.329 e. The third-order valence-corrected chi connectivity index (χ3v) is 4.51. The minimum Gasteiger partial charge on any atom is -0.394 e. The van der Waals surface area contributed by atoms with Gasteiger partial charge in [0.05, 0.1) is 6.61 Å². The zero-order valence-electron chi connectivity index (χ0n) is 12.8. The molecular weight excluding hydrogens is 328 g/mol. The topological polar surface area (TPSA) is 156 Å². The highest BCUT2D eigenvalue weighted by molar-refractivity contribution is 7.99. The Bertz CT molecular complexity index is 617. The van der Waals surface area contributed by atoms with Crippen molar-refractivity contribution in [3.63, 3.8) is 0 Å². The number of aliphatic hydroxyl groups is 5. The van der Waals surface area contributed by atoms with Crippen LogP contribution in [0.25, 0.3) is 0 Å². The van der Waals surface area contributed by atoms with Crippen molar-refractivity contribution in [3.05, 3.63) is 32.6 Å². The highest BCUT2D eigenvalue weighted by Crippen LogP contribution is 2.28. The van der Waals surface area contributed by atoms with Crippen LogP contribution in [0.4, 0.5) is 0 Å². The third kappa shape index (κ3) is 4.66. The highest BCUT2D eigenvalue weighted by Gasteiger charge is 2.36. The molecule has 0 saturated heterocycles. The van der Waals surface area contributed by atoms with E-state index in [-0.39, 0.29) is 5.56 Å². The van der Waals surface area contributed by atoms with Crippen LogP contribution in [-0.4, -0.2) is 71.9 Å². The molecule has 10 heteroatoms. The smallest absolute Gasteiger partial charge is 0.329 e. The van der Waals surface area contributed by atoms with E-state index in [1.54, 1.807) is 6.92 Å². The van der Waals surface area contributed by atoms with Gasteiger partial charge in [-0.25, -0.2) is 4.79 Å². The van der Waals surface area contributed by atoms with Gasteiger partial charge >= 0.3 is 5.69 Å². The lowest BCUT2D eigenvalue weighted by Crippen LogP contribution is -2.49. The molecule has 0 aliphatic rings. The SMILES string of the molecule is CCS[C@H]([C@H](O)[C@H](O)[C@H](O)[C@H](O)CO)n1cc(C)c(=O)[nH]c1=O. The molecule has 0 saturated carbocycles. The van der Waals surface area contributed by atoms with Crippen LogP contribution in [0.2, 0.25) is 0 Å². The van der Waals surface area contributed by atoms with Gasteiger partial charge in [-0.3, -0.25) is 14.3 Å². The fourth-order valence-corrected chi connectivity index (χ4v) is 3.01. The fourth-order valence-electron chi connectivity index (χ4n) is 2.00. The summed E-state index contributed by atoms with van der Waals surface area (Å²) < 4.78 is 1.05. The van der Waals surface area contributed by atoms with Crippen molar-refractivity contribution in [1.29, 1.82) is 0 Å². The number of H-pyrrole nitrogens is 1. The van der Waals surface area contributed by atoms with Gasteiger partial charge in [0.25, 0.3) is 5.56 Å². The Labute approximate surface area is 136 Å². The van der Waals surface area contributed by atoms with Gasteiger partial charge in [0.2, 0.25) is 0 Å². The summed E-state index contributed by atoms with van der Waals surface area (Å²) in [7, 11) is 0. The first-order valence-electron chi connectivity index (χ1n) is 7.01. The molecule has 6 N–H and O–H groups in total. The predicted molar refractivity (Wildman–Crippen MR) is 84.3 cm³/mol. The molecule has 9 nitrogen and oxygen atoms in total. The van der Waals surface area contributed by atoms with Crippen molar-refractivity contribution >= 4 is 11.8 Å². The lowest BCUT2D eigenvalue weighted by atomic mass is 10.0. The maximum atomic E-state index is 11.9. The number of aromatic amines is 1. The van der Waals surface area contributed by atoms with E-state index in [4.69, 9.17) is 5.11 Å². The van der Waals surface area contributed by atoms with Gasteiger partial charge in [-0.1, -0.05) is 6.92 Å². The number of rotatable bonds is 8. The molecule has 5 atom stereocenters. The Kier molecular flexibility index (Phi) is 7.45. The monoisotopic (exact) mass is 350 g/mol. The number of thioether (sulfide) groups is 1. The molecule has 0 aliphatic heterocycles. The van der Waals surface area contributed by atoms with E-state index in [2.05, 4.69) is 4.98 Å². The van der Waals surface area contributed by atoms with Gasteiger partial charge in [0.15, 0.2) is 0 Å². The molecule has 0 bridgehead atoms. The summed E-state index contributed by atoms with van der Waals surface area (Å²) in [6, 6.07) is 0. The van der Waals surface area contributed by atoms with Gasteiger partial charge in [0.1, 0.15) is 29.8 Å². The van der Waals surface area contributed by atoms with E-state index in [0.29, 0.717) is 5.75 Å². The van der Waals surface area contributed by atoms with Gasteiger partial charge in [-0.2, -0.15) is 0 Å². The molecule has 23 heavy (non-hydrogen) atoms. The van der Waals surface area contributed by atoms with Crippen LogP contribution in [-0.2, 0) is 0 Å². The lowest BCUT2D eigenvalue weighted by Gasteiger charge is -2.31. The van der Waals surface area contributed by atoms with Crippen molar-refractivity contribution in [2.24, 2.45) is 0 Å². The molecule has 0 unspecified atom stereocenters. The standard InChI is InChI=1S/C13H22N2O7S/c1-3-23-12(10(20)9(19)8(18)7(17)5-16)15-4-6(2)11(21)14-13(15)22/h4,7-10,12,16-20H,3,5H2,1-2H3,(H,14,21,22)/t7-,8-,9-,10-,12-/m1/s1. The van der Waals surface area contributed by atoms with E-state index >= 15 is 0 Å². The number of aromatic nitrogens is 2. The fraction of sp³-hybridized carbons (Fsp3) is 0.692. The molecule has 0 aliphatic carbocycles. The summed E-state index contributed by atoms with van der Waals surface area (Å²) in [5.74, 6) is 0.470. The van der Waals surface area contributed by atoms with Crippen molar-refractivity contribution in [2.75, 3.05) is 12.4 Å². The van der Waals surface area contributed by atoms with Crippen LogP contribution in [0.1, 0.15) is 17.9 Å². The summed E-state index contributed by atoms with van der Waals surface area (Å²) in [6.07, 6.45) is -5.62. The zero-order chi connectivity index (χ0) is 17.7. The second-order valence-electron chi connectivity index (χ2n) is 5.05. The quantitative estimate of drug-likeness (QED) is 0.301. The lowest BCUT2D eigenvalue weighted by molar-refractivity contribution is -0.118. The number of hydrogen-bond donors (Lipinski definition) is 6. The van der Waals surface area contributed by atoms with Crippen LogP contribution in [0.3, 0.4) is 0 Å². The number of aliphatic hydroxyl groups excluding tert-OH is 5. The molecule has 0 amide bonds. The Morgan fingerprint density at radius 2 is 1.78 bits per heavy atom. The van der Waals surface area contributed by atoms with Gasteiger partial charge in [-0.05, 0) is 12.7 Å². The van der Waals surface area contributed by atoms with Crippen LogP contribution in [0.5, 0.6) is 0 Å². The molecule has 1 heterocycles. The van der Waals surface area contributed by atoms with Gasteiger partial charge in [0, 0.05) is 11.8 Å². The largest absolute Gasteiger partial charge is 0.394 e. The first kappa shape index (κ1) is 19.9. The normalized spacial score (nSPS) is 18.2. The molecule has 1 aromatic heterocycles. The number of aryl methyl sites for hydroxylation is 1. The molecule has 0 aromatic carbocycles. The first-order valence-corrected chi connectivity index (χ1v) is 8.06. The number of nitrogens with one attached hydrogen (secondary N) is 1. The van der Waals surface area contributed by atoms with Crippen LogP contribution < -0.4 is 11.2 Å². The molecule has 1 rings (SSSR count). The van der Waals surface area contributed by atoms with E-state index in [1.807, 2.05) is 0 Å². The van der Waals surface area contributed by atoms with Crippen LogP contribution in [0.15, 0.2) is 15.8 Å². The zero-order valence-corrected chi connectivity index (χ0v) is 13.6. The van der Waals surface area contributed by atoms with E-state index < -0.39 is 47.6 Å². The summed E-state index contributed by atoms with van der Waals surface area (Å²) in [5, 5.41) is 47.2. The van der Waals surface area contributed by atoms with Crippen molar-refractivity contribution in [2.45, 2.75) is 43.6 Å². The molecule has 1 aromatic rings. The summed E-state index contributed by atoms with van der Waals surface area (Å²) in [6.45, 7) is 2.45.